The molecule has 0 spiro atoms. The number of carbonyl (C=O) groups is 1. The predicted octanol–water partition coefficient (Wildman–Crippen LogP) is 3.40. The van der Waals surface area contributed by atoms with Crippen molar-refractivity contribution in [2.24, 2.45) is 0 Å². The van der Waals surface area contributed by atoms with E-state index in [1.165, 1.54) is 0 Å². The van der Waals surface area contributed by atoms with Crippen molar-refractivity contribution in [3.05, 3.63) is 52.8 Å². The van der Waals surface area contributed by atoms with Crippen LogP contribution in [0.15, 0.2) is 35.2 Å². The molecule has 0 saturated carbocycles. The van der Waals surface area contributed by atoms with Crippen molar-refractivity contribution in [1.29, 1.82) is 5.26 Å². The molecule has 0 atom stereocenters. The zero-order valence-electron chi connectivity index (χ0n) is 12.3. The second kappa shape index (κ2) is 5.89. The van der Waals surface area contributed by atoms with Gasteiger partial charge in [0.2, 0.25) is 0 Å². The van der Waals surface area contributed by atoms with Crippen molar-refractivity contribution >= 4 is 15.6 Å². The number of hydrogen-bond acceptors (Lipinski definition) is 5. The highest BCUT2D eigenvalue weighted by Crippen LogP contribution is 2.41. The highest BCUT2D eigenvalue weighted by atomic mass is 32.2. The molecule has 2 aromatic rings. The summed E-state index contributed by atoms with van der Waals surface area (Å²) in [6, 6.07) is 6.61. The molecule has 1 aliphatic rings. The molecule has 0 unspecified atom stereocenters. The molecular formula is C16H8F3NO4S. The molecule has 0 radical (unpaired) electrons. The number of halogens is 3. The summed E-state index contributed by atoms with van der Waals surface area (Å²) < 4.78 is 69.3. The number of ketones is 1. The van der Waals surface area contributed by atoms with E-state index in [1.54, 1.807) is 6.07 Å². The number of ether oxygens (including phenoxy) is 1. The molecule has 2 aromatic carbocycles. The van der Waals surface area contributed by atoms with E-state index in [9.17, 15) is 26.4 Å². The van der Waals surface area contributed by atoms with Gasteiger partial charge in [0.1, 0.15) is 23.1 Å². The Hall–Kier alpha value is -2.86. The van der Waals surface area contributed by atoms with Gasteiger partial charge in [0, 0.05) is 11.6 Å². The monoisotopic (exact) mass is 367 g/mol. The first-order valence-corrected chi connectivity index (χ1v) is 8.47. The molecule has 3 rings (SSSR count). The summed E-state index contributed by atoms with van der Waals surface area (Å²) in [6.07, 6.45) is -3.19. The molecule has 0 amide bonds. The lowest BCUT2D eigenvalue weighted by Crippen LogP contribution is -2.05. The van der Waals surface area contributed by atoms with Crippen LogP contribution in [0.25, 0.3) is 0 Å². The SMILES string of the molecule is N#Cc1cc(F)cc(Oc2ccc3c(c2C(F)F)C(=O)CS3(=O)=O)c1. The zero-order valence-corrected chi connectivity index (χ0v) is 13.1. The highest BCUT2D eigenvalue weighted by molar-refractivity contribution is 7.92. The van der Waals surface area contributed by atoms with Gasteiger partial charge < -0.3 is 4.74 Å². The van der Waals surface area contributed by atoms with E-state index in [4.69, 9.17) is 10.00 Å². The summed E-state index contributed by atoms with van der Waals surface area (Å²) >= 11 is 0. The van der Waals surface area contributed by atoms with Crippen LogP contribution in [-0.2, 0) is 9.84 Å². The summed E-state index contributed by atoms with van der Waals surface area (Å²) in [5.74, 6) is -3.36. The van der Waals surface area contributed by atoms with E-state index < -0.39 is 55.4 Å². The van der Waals surface area contributed by atoms with E-state index in [0.717, 1.165) is 30.3 Å². The average molecular weight is 367 g/mol. The Bertz CT molecular complexity index is 1040. The average Bonchev–Trinajstić information content (AvgIpc) is 2.75. The number of benzene rings is 2. The van der Waals surface area contributed by atoms with Crippen molar-refractivity contribution in [3.63, 3.8) is 0 Å². The molecule has 25 heavy (non-hydrogen) atoms. The standard InChI is InChI=1S/C16H8F3NO4S/c17-9-3-8(6-20)4-10(5-9)24-12-1-2-13-14(15(12)16(18)19)11(21)7-25(13,22)23/h1-5,16H,7H2. The lowest BCUT2D eigenvalue weighted by molar-refractivity contribution is 0.100. The van der Waals surface area contributed by atoms with Gasteiger partial charge in [0.25, 0.3) is 6.43 Å². The van der Waals surface area contributed by atoms with Crippen molar-refractivity contribution in [2.45, 2.75) is 11.3 Å². The Morgan fingerprint density at radius 3 is 2.56 bits per heavy atom. The third-order valence-electron chi connectivity index (χ3n) is 3.55. The van der Waals surface area contributed by atoms with Crippen molar-refractivity contribution < 1.29 is 31.1 Å². The van der Waals surface area contributed by atoms with E-state index >= 15 is 0 Å². The minimum absolute atomic E-state index is 0.0894. The van der Waals surface area contributed by atoms with Gasteiger partial charge in [0.15, 0.2) is 15.6 Å². The normalized spacial score (nSPS) is 15.1. The molecule has 0 aliphatic carbocycles. The number of hydrogen-bond donors (Lipinski definition) is 0. The van der Waals surface area contributed by atoms with Gasteiger partial charge in [-0.05, 0) is 24.3 Å². The number of rotatable bonds is 3. The highest BCUT2D eigenvalue weighted by Gasteiger charge is 2.39. The topological polar surface area (TPSA) is 84.2 Å². The predicted molar refractivity (Wildman–Crippen MR) is 79.0 cm³/mol. The molecule has 5 nitrogen and oxygen atoms in total. The lowest BCUT2D eigenvalue weighted by atomic mass is 10.0. The third kappa shape index (κ3) is 2.96. The van der Waals surface area contributed by atoms with E-state index in [-0.39, 0.29) is 11.3 Å². The zero-order chi connectivity index (χ0) is 18.4. The minimum atomic E-state index is -3.96. The van der Waals surface area contributed by atoms with Crippen LogP contribution in [0.5, 0.6) is 11.5 Å². The Balaban J connectivity index is 2.16. The molecule has 1 heterocycles. The maximum Gasteiger partial charge on any atom is 0.268 e. The fraction of sp³-hybridized carbons (Fsp3) is 0.125. The second-order valence-corrected chi connectivity index (χ2v) is 7.18. The smallest absolute Gasteiger partial charge is 0.268 e. The number of nitriles is 1. The van der Waals surface area contributed by atoms with Crippen LogP contribution >= 0.6 is 0 Å². The maximum atomic E-state index is 13.5. The molecule has 1 aliphatic heterocycles. The molecular weight excluding hydrogens is 359 g/mol. The fourth-order valence-corrected chi connectivity index (χ4v) is 4.02. The van der Waals surface area contributed by atoms with Crippen molar-refractivity contribution in [2.75, 3.05) is 5.75 Å². The van der Waals surface area contributed by atoms with Gasteiger partial charge in [-0.3, -0.25) is 4.79 Å². The molecule has 0 aromatic heterocycles. The maximum absolute atomic E-state index is 13.5. The number of fused-ring (bicyclic) bond motifs is 1. The number of carbonyl (C=O) groups excluding carboxylic acids is 1. The van der Waals surface area contributed by atoms with Crippen LogP contribution in [0, 0.1) is 17.1 Å². The fourth-order valence-electron chi connectivity index (χ4n) is 2.57. The summed E-state index contributed by atoms with van der Waals surface area (Å²) in [5, 5.41) is 8.81. The van der Waals surface area contributed by atoms with Crippen LogP contribution in [0.4, 0.5) is 13.2 Å². The van der Waals surface area contributed by atoms with E-state index in [0.29, 0.717) is 0 Å². The second-order valence-electron chi connectivity index (χ2n) is 5.22. The number of alkyl halides is 2. The Kier molecular flexibility index (Phi) is 4.00. The summed E-state index contributed by atoms with van der Waals surface area (Å²) in [5.41, 5.74) is -1.57. The first-order valence-electron chi connectivity index (χ1n) is 6.82. The van der Waals surface area contributed by atoms with Crippen LogP contribution in [-0.4, -0.2) is 20.0 Å². The molecule has 0 N–H and O–H groups in total. The molecule has 9 heteroatoms. The van der Waals surface area contributed by atoms with E-state index in [1.807, 2.05) is 0 Å². The third-order valence-corrected chi connectivity index (χ3v) is 5.20. The Morgan fingerprint density at radius 1 is 1.20 bits per heavy atom. The van der Waals surface area contributed by atoms with Gasteiger partial charge in [-0.1, -0.05) is 0 Å². The lowest BCUT2D eigenvalue weighted by Gasteiger charge is -2.14. The Morgan fingerprint density at radius 2 is 1.92 bits per heavy atom. The number of Topliss-reactive ketones (excluding diaryl/α,β-unsaturated/α-hetero) is 1. The number of sulfone groups is 1. The van der Waals surface area contributed by atoms with Crippen molar-refractivity contribution in [3.8, 4) is 17.6 Å². The van der Waals surface area contributed by atoms with E-state index in [2.05, 4.69) is 0 Å². The summed E-state index contributed by atoms with van der Waals surface area (Å²) in [4.78, 5) is 11.4. The van der Waals surface area contributed by atoms with Crippen molar-refractivity contribution in [1.82, 2.24) is 0 Å². The first kappa shape index (κ1) is 17.0. The summed E-state index contributed by atoms with van der Waals surface area (Å²) in [7, 11) is -3.96. The van der Waals surface area contributed by atoms with Gasteiger partial charge in [0.05, 0.1) is 22.1 Å². The van der Waals surface area contributed by atoms with Gasteiger partial charge in [-0.25, -0.2) is 21.6 Å². The quantitative estimate of drug-likeness (QED) is 0.830. The van der Waals surface area contributed by atoms with Crippen LogP contribution in [0.2, 0.25) is 0 Å². The summed E-state index contributed by atoms with van der Waals surface area (Å²) in [6.45, 7) is 0. The first-order chi connectivity index (χ1) is 11.7. The molecule has 128 valence electrons. The molecule has 0 saturated heterocycles. The van der Waals surface area contributed by atoms with Crippen LogP contribution in [0.1, 0.15) is 27.9 Å². The van der Waals surface area contributed by atoms with Gasteiger partial charge in [-0.2, -0.15) is 5.26 Å². The Labute approximate surface area is 140 Å². The van der Waals surface area contributed by atoms with Crippen LogP contribution < -0.4 is 4.74 Å². The van der Waals surface area contributed by atoms with Gasteiger partial charge in [-0.15, -0.1) is 0 Å². The largest absolute Gasteiger partial charge is 0.457 e. The number of nitrogens with zero attached hydrogens (tertiary/aromatic N) is 1. The molecule has 0 bridgehead atoms. The van der Waals surface area contributed by atoms with Gasteiger partial charge >= 0.3 is 0 Å². The van der Waals surface area contributed by atoms with Crippen LogP contribution in [0.3, 0.4) is 0 Å². The molecule has 0 fully saturated rings. The minimum Gasteiger partial charge on any atom is -0.457 e.